The van der Waals surface area contributed by atoms with Crippen molar-refractivity contribution in [3.05, 3.63) is 0 Å². The summed E-state index contributed by atoms with van der Waals surface area (Å²) in [6, 6.07) is 0.764. The molecule has 0 heterocycles. The van der Waals surface area contributed by atoms with Crippen LogP contribution in [-0.2, 0) is 0 Å². The highest BCUT2D eigenvalue weighted by molar-refractivity contribution is 7.99. The number of nitrogens with one attached hydrogen (secondary N) is 1. The van der Waals surface area contributed by atoms with Crippen molar-refractivity contribution in [2.75, 3.05) is 12.3 Å². The van der Waals surface area contributed by atoms with Gasteiger partial charge in [0.15, 0.2) is 0 Å². The van der Waals surface area contributed by atoms with Crippen LogP contribution >= 0.6 is 11.8 Å². The first-order valence-corrected chi connectivity index (χ1v) is 8.64. The minimum Gasteiger partial charge on any atom is -0.313 e. The number of rotatable bonds is 7. The fourth-order valence-corrected chi connectivity index (χ4v) is 3.68. The average Bonchev–Trinajstić information content (AvgIpc) is 2.57. The van der Waals surface area contributed by atoms with Gasteiger partial charge in [0, 0.05) is 11.8 Å². The van der Waals surface area contributed by atoms with Crippen molar-refractivity contribution >= 4 is 11.8 Å². The second-order valence-electron chi connectivity index (χ2n) is 5.69. The number of hydrogen-bond acceptors (Lipinski definition) is 2. The van der Waals surface area contributed by atoms with E-state index in [0.717, 1.165) is 17.2 Å². The number of thioether (sulfide) groups is 1. The number of hydrogen-bond donors (Lipinski definition) is 1. The molecule has 1 rings (SSSR count). The summed E-state index contributed by atoms with van der Waals surface area (Å²) in [5, 5.41) is 4.57. The lowest BCUT2D eigenvalue weighted by Crippen LogP contribution is -2.39. The lowest BCUT2D eigenvalue weighted by molar-refractivity contribution is 0.343. The van der Waals surface area contributed by atoms with Crippen LogP contribution in [0.15, 0.2) is 0 Å². The van der Waals surface area contributed by atoms with Crippen LogP contribution in [0.25, 0.3) is 0 Å². The first kappa shape index (κ1) is 15.4. The predicted molar refractivity (Wildman–Crippen MR) is 80.9 cm³/mol. The first-order chi connectivity index (χ1) is 8.24. The molecule has 17 heavy (non-hydrogen) atoms. The first-order valence-electron chi connectivity index (χ1n) is 7.59. The molecule has 1 atom stereocenters. The SMILES string of the molecule is CCCNC(CSC(C)C)C1CCCCCC1. The topological polar surface area (TPSA) is 12.0 Å². The normalized spacial score (nSPS) is 20.5. The minimum absolute atomic E-state index is 0.764. The molecule has 0 aromatic heterocycles. The van der Waals surface area contributed by atoms with E-state index in [9.17, 15) is 0 Å². The summed E-state index contributed by atoms with van der Waals surface area (Å²) in [6.45, 7) is 8.09. The van der Waals surface area contributed by atoms with Crippen LogP contribution in [0.5, 0.6) is 0 Å². The van der Waals surface area contributed by atoms with E-state index in [2.05, 4.69) is 37.8 Å². The molecule has 1 fully saturated rings. The van der Waals surface area contributed by atoms with Crippen LogP contribution in [-0.4, -0.2) is 23.6 Å². The zero-order chi connectivity index (χ0) is 12.5. The summed E-state index contributed by atoms with van der Waals surface area (Å²) in [5.41, 5.74) is 0. The Hall–Kier alpha value is 0.310. The molecular weight excluding hydrogens is 226 g/mol. The molecular formula is C15H31NS. The van der Waals surface area contributed by atoms with E-state index in [0.29, 0.717) is 0 Å². The monoisotopic (exact) mass is 257 g/mol. The van der Waals surface area contributed by atoms with E-state index in [-0.39, 0.29) is 0 Å². The van der Waals surface area contributed by atoms with Gasteiger partial charge in [0.05, 0.1) is 0 Å². The minimum atomic E-state index is 0.764. The molecule has 0 aromatic carbocycles. The third kappa shape index (κ3) is 6.71. The Morgan fingerprint density at radius 3 is 2.29 bits per heavy atom. The Morgan fingerprint density at radius 1 is 1.12 bits per heavy atom. The molecule has 102 valence electrons. The molecule has 1 unspecified atom stereocenters. The molecule has 2 heteroatoms. The molecule has 1 aliphatic carbocycles. The van der Waals surface area contributed by atoms with Crippen LogP contribution in [0.1, 0.15) is 65.7 Å². The fourth-order valence-electron chi connectivity index (χ4n) is 2.70. The van der Waals surface area contributed by atoms with Gasteiger partial charge in [-0.05, 0) is 37.0 Å². The molecule has 0 radical (unpaired) electrons. The second-order valence-corrected chi connectivity index (χ2v) is 7.30. The summed E-state index contributed by atoms with van der Waals surface area (Å²) in [5.74, 6) is 2.25. The van der Waals surface area contributed by atoms with Gasteiger partial charge in [-0.2, -0.15) is 11.8 Å². The van der Waals surface area contributed by atoms with Gasteiger partial charge in [0.2, 0.25) is 0 Å². The average molecular weight is 257 g/mol. The van der Waals surface area contributed by atoms with Gasteiger partial charge in [-0.1, -0.05) is 46.5 Å². The van der Waals surface area contributed by atoms with Gasteiger partial charge in [-0.15, -0.1) is 0 Å². The van der Waals surface area contributed by atoms with Gasteiger partial charge < -0.3 is 5.32 Å². The molecule has 0 aromatic rings. The molecule has 1 saturated carbocycles. The molecule has 0 saturated heterocycles. The fraction of sp³-hybridized carbons (Fsp3) is 1.00. The van der Waals surface area contributed by atoms with Gasteiger partial charge in [0.1, 0.15) is 0 Å². The van der Waals surface area contributed by atoms with Crippen molar-refractivity contribution in [2.24, 2.45) is 5.92 Å². The Balaban J connectivity index is 2.40. The van der Waals surface area contributed by atoms with E-state index in [1.54, 1.807) is 0 Å². The molecule has 0 aliphatic heterocycles. The summed E-state index contributed by atoms with van der Waals surface area (Å²) in [6.07, 6.45) is 10.0. The standard InChI is InChI=1S/C15H31NS/c1-4-11-16-15(12-17-13(2)3)14-9-7-5-6-8-10-14/h13-16H,4-12H2,1-3H3. The maximum Gasteiger partial charge on any atom is 0.0186 e. The zero-order valence-electron chi connectivity index (χ0n) is 12.0. The smallest absolute Gasteiger partial charge is 0.0186 e. The Bertz CT molecular complexity index is 174. The lowest BCUT2D eigenvalue weighted by atomic mass is 9.93. The molecule has 0 spiro atoms. The van der Waals surface area contributed by atoms with Crippen molar-refractivity contribution in [3.63, 3.8) is 0 Å². The second kappa shape index (κ2) is 9.27. The van der Waals surface area contributed by atoms with Gasteiger partial charge >= 0.3 is 0 Å². The van der Waals surface area contributed by atoms with E-state index >= 15 is 0 Å². The third-order valence-corrected chi connectivity index (χ3v) is 4.95. The predicted octanol–water partition coefficient (Wildman–Crippen LogP) is 4.47. The summed E-state index contributed by atoms with van der Waals surface area (Å²) >= 11 is 2.13. The quantitative estimate of drug-likeness (QED) is 0.676. The summed E-state index contributed by atoms with van der Waals surface area (Å²) in [4.78, 5) is 0. The Morgan fingerprint density at radius 2 is 1.76 bits per heavy atom. The lowest BCUT2D eigenvalue weighted by Gasteiger charge is -2.27. The molecule has 1 nitrogen and oxygen atoms in total. The maximum atomic E-state index is 3.80. The summed E-state index contributed by atoms with van der Waals surface area (Å²) < 4.78 is 0. The van der Waals surface area contributed by atoms with Crippen molar-refractivity contribution in [1.82, 2.24) is 5.32 Å². The molecule has 0 bridgehead atoms. The van der Waals surface area contributed by atoms with E-state index in [4.69, 9.17) is 0 Å². The van der Waals surface area contributed by atoms with Crippen LogP contribution in [0.3, 0.4) is 0 Å². The highest BCUT2D eigenvalue weighted by Gasteiger charge is 2.22. The molecule has 1 N–H and O–H groups in total. The zero-order valence-corrected chi connectivity index (χ0v) is 12.8. The van der Waals surface area contributed by atoms with Gasteiger partial charge in [-0.25, -0.2) is 0 Å². The third-order valence-electron chi connectivity index (χ3n) is 3.73. The van der Waals surface area contributed by atoms with E-state index in [1.807, 2.05) is 0 Å². The van der Waals surface area contributed by atoms with Crippen LogP contribution in [0, 0.1) is 5.92 Å². The van der Waals surface area contributed by atoms with Crippen molar-refractivity contribution in [3.8, 4) is 0 Å². The van der Waals surface area contributed by atoms with Crippen LogP contribution in [0.4, 0.5) is 0 Å². The summed E-state index contributed by atoms with van der Waals surface area (Å²) in [7, 11) is 0. The van der Waals surface area contributed by atoms with Gasteiger partial charge in [-0.3, -0.25) is 0 Å². The van der Waals surface area contributed by atoms with Crippen LogP contribution < -0.4 is 5.32 Å². The van der Waals surface area contributed by atoms with Gasteiger partial charge in [0.25, 0.3) is 0 Å². The van der Waals surface area contributed by atoms with E-state index in [1.165, 1.54) is 57.2 Å². The van der Waals surface area contributed by atoms with Crippen molar-refractivity contribution < 1.29 is 0 Å². The largest absolute Gasteiger partial charge is 0.313 e. The Kier molecular flexibility index (Phi) is 8.38. The Labute approximate surface area is 113 Å². The van der Waals surface area contributed by atoms with E-state index < -0.39 is 0 Å². The van der Waals surface area contributed by atoms with Crippen molar-refractivity contribution in [1.29, 1.82) is 0 Å². The maximum absolute atomic E-state index is 3.80. The highest BCUT2D eigenvalue weighted by Crippen LogP contribution is 2.27. The molecule has 1 aliphatic rings. The highest BCUT2D eigenvalue weighted by atomic mass is 32.2. The van der Waals surface area contributed by atoms with Crippen LogP contribution in [0.2, 0.25) is 0 Å². The molecule has 0 amide bonds. The van der Waals surface area contributed by atoms with Crippen molar-refractivity contribution in [2.45, 2.75) is 77.0 Å².